The molecule has 0 atom stereocenters. The second-order valence-electron chi connectivity index (χ2n) is 21.7. The number of aromatic nitrogens is 1. The van der Waals surface area contributed by atoms with Gasteiger partial charge in [0.2, 0.25) is 0 Å². The van der Waals surface area contributed by atoms with E-state index in [1.165, 1.54) is 105 Å². The highest BCUT2D eigenvalue weighted by molar-refractivity contribution is 6.90. The molecule has 0 saturated heterocycles. The van der Waals surface area contributed by atoms with Crippen molar-refractivity contribution in [2.75, 3.05) is 4.90 Å². The lowest BCUT2D eigenvalue weighted by Crippen LogP contribution is -2.56. The summed E-state index contributed by atoms with van der Waals surface area (Å²) in [6, 6.07) is 35.9. The monoisotopic (exact) mass is 760 g/mol. The van der Waals surface area contributed by atoms with E-state index in [4.69, 9.17) is 4.42 Å². The van der Waals surface area contributed by atoms with Crippen LogP contribution in [0.25, 0.3) is 54.9 Å². The first kappa shape index (κ1) is 37.1. The van der Waals surface area contributed by atoms with Crippen LogP contribution in [0, 0.1) is 13.8 Å². The molecule has 0 spiro atoms. The van der Waals surface area contributed by atoms with Gasteiger partial charge in [-0.05, 0) is 134 Å². The summed E-state index contributed by atoms with van der Waals surface area (Å²) in [6.45, 7) is 32.4. The highest BCUT2D eigenvalue weighted by Crippen LogP contribution is 2.51. The summed E-state index contributed by atoms with van der Waals surface area (Å²) in [5, 5.41) is 5.06. The molecule has 4 heteroatoms. The van der Waals surface area contributed by atoms with Gasteiger partial charge in [-0.2, -0.15) is 0 Å². The standard InChI is InChI=1S/C54H57BN2O/c1-30-15-19-42-37(21-30)38-22-31(2)23-40-48-47-39-27-32(51(3,4)5)17-20-45(39)58-46(47)29-44-49(48)55(57(42)50(38)40)41-18-16-33(52(6,7)8)28-43(41)56(44)36-25-34(53(9,10)11)24-35(26-36)54(12,13)14/h15-29H,1-14H3. The number of furan rings is 1. The Hall–Kier alpha value is -5.22. The molecular formula is C54H57BN2O. The third kappa shape index (κ3) is 5.32. The summed E-state index contributed by atoms with van der Waals surface area (Å²) < 4.78 is 9.74. The first-order chi connectivity index (χ1) is 27.1. The largest absolute Gasteiger partial charge is 0.456 e. The Morgan fingerprint density at radius 1 is 0.500 bits per heavy atom. The van der Waals surface area contributed by atoms with Gasteiger partial charge in [-0.3, -0.25) is 0 Å². The zero-order valence-electron chi connectivity index (χ0n) is 37.0. The molecule has 6 aromatic carbocycles. The van der Waals surface area contributed by atoms with Crippen molar-refractivity contribution >= 4 is 78.6 Å². The highest BCUT2D eigenvalue weighted by atomic mass is 16.3. The Bertz CT molecular complexity index is 3040. The minimum atomic E-state index is -0.0452. The number of hydrogen-bond donors (Lipinski definition) is 0. The first-order valence-corrected chi connectivity index (χ1v) is 21.3. The summed E-state index contributed by atoms with van der Waals surface area (Å²) in [5.41, 5.74) is 21.1. The normalized spacial score (nSPS) is 14.3. The maximum Gasteiger partial charge on any atom is 0.333 e. The molecule has 2 aliphatic heterocycles. The molecule has 292 valence electrons. The minimum Gasteiger partial charge on any atom is -0.456 e. The van der Waals surface area contributed by atoms with Crippen LogP contribution in [0.2, 0.25) is 0 Å². The molecule has 0 fully saturated rings. The van der Waals surface area contributed by atoms with E-state index in [2.05, 4.69) is 197 Å². The summed E-state index contributed by atoms with van der Waals surface area (Å²) in [5.74, 6) is 0. The minimum absolute atomic E-state index is 0.00399. The Morgan fingerprint density at radius 3 is 1.78 bits per heavy atom. The van der Waals surface area contributed by atoms with E-state index in [-0.39, 0.29) is 28.5 Å². The molecule has 0 amide bonds. The second-order valence-corrected chi connectivity index (χ2v) is 21.7. The van der Waals surface area contributed by atoms with Crippen LogP contribution in [0.15, 0.2) is 95.4 Å². The maximum atomic E-state index is 7.05. The molecule has 2 aliphatic rings. The predicted octanol–water partition coefficient (Wildman–Crippen LogP) is 13.9. The average molecular weight is 761 g/mol. The summed E-state index contributed by atoms with van der Waals surface area (Å²) >= 11 is 0. The van der Waals surface area contributed by atoms with Crippen LogP contribution in [0.5, 0.6) is 0 Å². The van der Waals surface area contributed by atoms with E-state index in [0.717, 1.165) is 11.2 Å². The van der Waals surface area contributed by atoms with Gasteiger partial charge in [-0.25, -0.2) is 0 Å². The molecule has 10 rings (SSSR count). The Kier molecular flexibility index (Phi) is 7.49. The molecule has 0 saturated carbocycles. The van der Waals surface area contributed by atoms with Crippen molar-refractivity contribution in [1.82, 2.24) is 4.48 Å². The van der Waals surface area contributed by atoms with E-state index >= 15 is 0 Å². The molecule has 8 aromatic rings. The van der Waals surface area contributed by atoms with Crippen LogP contribution < -0.4 is 15.8 Å². The summed E-state index contributed by atoms with van der Waals surface area (Å²) in [7, 11) is 0. The topological polar surface area (TPSA) is 21.3 Å². The molecule has 0 N–H and O–H groups in total. The lowest BCUT2D eigenvalue weighted by Gasteiger charge is -2.42. The fourth-order valence-electron chi connectivity index (χ4n) is 9.92. The fraction of sp³-hybridized carbons (Fsp3) is 0.333. The molecule has 58 heavy (non-hydrogen) atoms. The van der Waals surface area contributed by atoms with Crippen molar-refractivity contribution in [3.8, 4) is 11.1 Å². The third-order valence-corrected chi connectivity index (χ3v) is 13.2. The van der Waals surface area contributed by atoms with Gasteiger partial charge in [0.1, 0.15) is 11.2 Å². The molecular weight excluding hydrogens is 703 g/mol. The summed E-state index contributed by atoms with van der Waals surface area (Å²) in [4.78, 5) is 2.60. The number of hydrogen-bond acceptors (Lipinski definition) is 2. The van der Waals surface area contributed by atoms with Gasteiger partial charge in [0, 0.05) is 61.3 Å². The Balaban J connectivity index is 1.44. The van der Waals surface area contributed by atoms with E-state index < -0.39 is 0 Å². The third-order valence-electron chi connectivity index (χ3n) is 13.2. The first-order valence-electron chi connectivity index (χ1n) is 21.3. The van der Waals surface area contributed by atoms with Gasteiger partial charge in [0.15, 0.2) is 0 Å². The van der Waals surface area contributed by atoms with Gasteiger partial charge in [0.05, 0.1) is 0 Å². The molecule has 0 unspecified atom stereocenters. The molecule has 0 aliphatic carbocycles. The van der Waals surface area contributed by atoms with E-state index in [0.29, 0.717) is 0 Å². The van der Waals surface area contributed by atoms with E-state index in [1.807, 2.05) is 0 Å². The van der Waals surface area contributed by atoms with Crippen molar-refractivity contribution < 1.29 is 4.42 Å². The van der Waals surface area contributed by atoms with Gasteiger partial charge in [-0.15, -0.1) is 0 Å². The van der Waals surface area contributed by atoms with Crippen molar-refractivity contribution in [3.63, 3.8) is 0 Å². The molecule has 0 bridgehead atoms. The fourth-order valence-corrected chi connectivity index (χ4v) is 9.92. The molecule has 2 aromatic heterocycles. The number of rotatable bonds is 1. The average Bonchev–Trinajstić information content (AvgIpc) is 3.65. The van der Waals surface area contributed by atoms with Crippen LogP contribution in [0.1, 0.15) is 116 Å². The number of anilines is 3. The predicted molar refractivity (Wildman–Crippen MR) is 252 cm³/mol. The second kappa shape index (κ2) is 11.7. The lowest BCUT2D eigenvalue weighted by molar-refractivity contribution is 0.568. The van der Waals surface area contributed by atoms with Crippen LogP contribution in [-0.4, -0.2) is 11.3 Å². The van der Waals surface area contributed by atoms with E-state index in [9.17, 15) is 0 Å². The van der Waals surface area contributed by atoms with Gasteiger partial charge >= 0.3 is 6.85 Å². The van der Waals surface area contributed by atoms with Crippen LogP contribution in [0.4, 0.5) is 17.1 Å². The van der Waals surface area contributed by atoms with Crippen molar-refractivity contribution in [2.45, 2.75) is 119 Å². The van der Waals surface area contributed by atoms with Crippen molar-refractivity contribution in [2.24, 2.45) is 0 Å². The number of nitrogens with zero attached hydrogens (tertiary/aromatic N) is 2. The Morgan fingerprint density at radius 2 is 1.12 bits per heavy atom. The SMILES string of the molecule is Cc1ccc2c(c1)c1cc(C)cc3c1n2B1c2ccc(C(C)(C)C)cc2N(c2cc(C(C)(C)C)cc(C(C)(C)C)c2)c2cc4oc5ccc(C(C)(C)C)cc5c4c-3c21. The number of fused-ring (bicyclic) bond motifs is 11. The molecule has 0 radical (unpaired) electrons. The molecule has 3 nitrogen and oxygen atoms in total. The van der Waals surface area contributed by atoms with Crippen LogP contribution in [0.3, 0.4) is 0 Å². The van der Waals surface area contributed by atoms with Crippen molar-refractivity contribution in [1.29, 1.82) is 0 Å². The zero-order chi connectivity index (χ0) is 41.2. The number of benzene rings is 6. The van der Waals surface area contributed by atoms with Crippen molar-refractivity contribution in [3.05, 3.63) is 124 Å². The Labute approximate surface area is 345 Å². The molecule has 4 heterocycles. The smallest absolute Gasteiger partial charge is 0.333 e. The highest BCUT2D eigenvalue weighted by Gasteiger charge is 2.45. The van der Waals surface area contributed by atoms with E-state index in [1.54, 1.807) is 0 Å². The van der Waals surface area contributed by atoms with Crippen LogP contribution >= 0.6 is 0 Å². The zero-order valence-corrected chi connectivity index (χ0v) is 37.0. The lowest BCUT2D eigenvalue weighted by atomic mass is 9.44. The van der Waals surface area contributed by atoms with Gasteiger partial charge in [0.25, 0.3) is 0 Å². The maximum absolute atomic E-state index is 7.05. The number of aryl methyl sites for hydroxylation is 2. The van der Waals surface area contributed by atoms with Gasteiger partial charge in [-0.1, -0.05) is 119 Å². The summed E-state index contributed by atoms with van der Waals surface area (Å²) in [6.07, 6.45) is 0. The van der Waals surface area contributed by atoms with Crippen LogP contribution in [-0.2, 0) is 21.7 Å². The van der Waals surface area contributed by atoms with Gasteiger partial charge < -0.3 is 13.8 Å². The quantitative estimate of drug-likeness (QED) is 0.155.